The molecule has 3 aromatic rings. The van der Waals surface area contributed by atoms with Crippen LogP contribution in [0.15, 0.2) is 60.7 Å². The minimum Gasteiger partial charge on any atom is -0.465 e. The van der Waals surface area contributed by atoms with Crippen LogP contribution >= 0.6 is 0 Å². The van der Waals surface area contributed by atoms with Crippen LogP contribution < -0.4 is 0 Å². The largest absolute Gasteiger partial charge is 0.465 e. The third kappa shape index (κ3) is 3.35. The van der Waals surface area contributed by atoms with Crippen molar-refractivity contribution < 1.29 is 14.5 Å². The molecule has 0 aliphatic carbocycles. The van der Waals surface area contributed by atoms with Crippen molar-refractivity contribution >= 4 is 11.7 Å². The molecule has 0 spiro atoms. The topological polar surface area (TPSA) is 95.2 Å². The highest BCUT2D eigenvalue weighted by Crippen LogP contribution is 2.28. The summed E-state index contributed by atoms with van der Waals surface area (Å²) >= 11 is 0. The van der Waals surface area contributed by atoms with Gasteiger partial charge < -0.3 is 4.74 Å². The van der Waals surface area contributed by atoms with Crippen molar-refractivity contribution in [3.8, 4) is 22.5 Å². The molecular formula is C18H13N3O4. The Balaban J connectivity index is 1.96. The van der Waals surface area contributed by atoms with Gasteiger partial charge in [0.05, 0.1) is 34.5 Å². The number of hydrogen-bond acceptors (Lipinski definition) is 6. The molecule has 2 aromatic carbocycles. The number of esters is 1. The van der Waals surface area contributed by atoms with E-state index in [4.69, 9.17) is 4.74 Å². The fourth-order valence-corrected chi connectivity index (χ4v) is 2.40. The number of nitrogens with zero attached hydrogens (tertiary/aromatic N) is 3. The van der Waals surface area contributed by atoms with E-state index < -0.39 is 10.9 Å². The lowest BCUT2D eigenvalue weighted by Crippen LogP contribution is -2.01. The van der Waals surface area contributed by atoms with Crippen LogP contribution in [-0.2, 0) is 4.74 Å². The van der Waals surface area contributed by atoms with Crippen LogP contribution in [0.3, 0.4) is 0 Å². The van der Waals surface area contributed by atoms with Crippen LogP contribution in [0.25, 0.3) is 22.5 Å². The van der Waals surface area contributed by atoms with Gasteiger partial charge in [-0.3, -0.25) is 10.1 Å². The van der Waals surface area contributed by atoms with Crippen LogP contribution in [0.1, 0.15) is 10.4 Å². The van der Waals surface area contributed by atoms with Gasteiger partial charge >= 0.3 is 5.97 Å². The SMILES string of the molecule is COC(=O)c1cccc(-c2ccc(-c3ccccc3[N+](=O)[O-])nn2)c1. The predicted molar refractivity (Wildman–Crippen MR) is 90.9 cm³/mol. The quantitative estimate of drug-likeness (QED) is 0.411. The minimum atomic E-state index is -0.454. The molecule has 7 heteroatoms. The van der Waals surface area contributed by atoms with Gasteiger partial charge in [-0.25, -0.2) is 4.79 Å². The molecule has 0 radical (unpaired) electrons. The second-order valence-corrected chi connectivity index (χ2v) is 5.15. The lowest BCUT2D eigenvalue weighted by molar-refractivity contribution is -0.384. The van der Waals surface area contributed by atoms with E-state index in [2.05, 4.69) is 10.2 Å². The second kappa shape index (κ2) is 6.88. The van der Waals surface area contributed by atoms with Crippen LogP contribution in [0, 0.1) is 10.1 Å². The van der Waals surface area contributed by atoms with Crippen molar-refractivity contribution in [3.63, 3.8) is 0 Å². The van der Waals surface area contributed by atoms with Gasteiger partial charge in [-0.2, -0.15) is 0 Å². The Labute approximate surface area is 143 Å². The number of rotatable bonds is 4. The molecule has 0 fully saturated rings. The number of ether oxygens (including phenoxy) is 1. The van der Waals surface area contributed by atoms with E-state index in [1.165, 1.54) is 13.2 Å². The van der Waals surface area contributed by atoms with Crippen molar-refractivity contribution in [2.24, 2.45) is 0 Å². The molecule has 0 atom stereocenters. The molecule has 0 N–H and O–H groups in total. The van der Waals surface area contributed by atoms with Gasteiger partial charge in [-0.05, 0) is 30.3 Å². The first kappa shape index (κ1) is 16.3. The number of methoxy groups -OCH3 is 1. The maximum absolute atomic E-state index is 11.6. The minimum absolute atomic E-state index is 0.0303. The number of benzene rings is 2. The van der Waals surface area contributed by atoms with Crippen molar-refractivity contribution in [3.05, 3.63) is 76.3 Å². The molecule has 1 aromatic heterocycles. The zero-order valence-electron chi connectivity index (χ0n) is 13.2. The Morgan fingerprint density at radius 3 is 2.40 bits per heavy atom. The number of para-hydroxylation sites is 1. The Morgan fingerprint density at radius 2 is 1.72 bits per heavy atom. The summed E-state index contributed by atoms with van der Waals surface area (Å²) in [5.41, 5.74) is 2.43. The van der Waals surface area contributed by atoms with Crippen molar-refractivity contribution in [2.45, 2.75) is 0 Å². The average Bonchev–Trinajstić information content (AvgIpc) is 2.67. The molecule has 0 aliphatic rings. The maximum Gasteiger partial charge on any atom is 0.337 e. The Morgan fingerprint density at radius 1 is 1.00 bits per heavy atom. The lowest BCUT2D eigenvalue weighted by atomic mass is 10.1. The molecule has 0 saturated heterocycles. The Hall–Kier alpha value is -3.61. The number of aromatic nitrogens is 2. The molecule has 7 nitrogen and oxygen atoms in total. The molecule has 0 bridgehead atoms. The molecule has 0 aliphatic heterocycles. The van der Waals surface area contributed by atoms with Gasteiger partial charge in [-0.1, -0.05) is 24.3 Å². The van der Waals surface area contributed by atoms with E-state index in [9.17, 15) is 14.9 Å². The van der Waals surface area contributed by atoms with Crippen molar-refractivity contribution in [1.82, 2.24) is 10.2 Å². The van der Waals surface area contributed by atoms with Crippen LogP contribution in [0.5, 0.6) is 0 Å². The molecule has 0 amide bonds. The summed E-state index contributed by atoms with van der Waals surface area (Å²) in [4.78, 5) is 22.3. The first-order valence-corrected chi connectivity index (χ1v) is 7.36. The number of nitro groups is 1. The third-order valence-corrected chi connectivity index (χ3v) is 3.62. The van der Waals surface area contributed by atoms with Gasteiger partial charge in [0.2, 0.25) is 0 Å². The molecule has 25 heavy (non-hydrogen) atoms. The summed E-state index contributed by atoms with van der Waals surface area (Å²) in [5.74, 6) is -0.439. The first-order chi connectivity index (χ1) is 12.1. The van der Waals surface area contributed by atoms with E-state index in [0.29, 0.717) is 28.1 Å². The Kier molecular flexibility index (Phi) is 4.47. The van der Waals surface area contributed by atoms with Crippen molar-refractivity contribution in [1.29, 1.82) is 0 Å². The first-order valence-electron chi connectivity index (χ1n) is 7.36. The van der Waals surface area contributed by atoms with Gasteiger partial charge in [0.15, 0.2) is 0 Å². The highest BCUT2D eigenvalue weighted by atomic mass is 16.6. The average molecular weight is 335 g/mol. The van der Waals surface area contributed by atoms with E-state index in [1.54, 1.807) is 54.6 Å². The van der Waals surface area contributed by atoms with E-state index in [-0.39, 0.29) is 5.69 Å². The van der Waals surface area contributed by atoms with Crippen LogP contribution in [-0.4, -0.2) is 28.2 Å². The Bertz CT molecular complexity index is 939. The number of nitro benzene ring substituents is 1. The van der Waals surface area contributed by atoms with Gasteiger partial charge in [0.25, 0.3) is 5.69 Å². The smallest absolute Gasteiger partial charge is 0.337 e. The fourth-order valence-electron chi connectivity index (χ4n) is 2.40. The molecule has 0 saturated carbocycles. The second-order valence-electron chi connectivity index (χ2n) is 5.15. The summed E-state index contributed by atoms with van der Waals surface area (Å²) in [6.45, 7) is 0. The number of carbonyl (C=O) groups excluding carboxylic acids is 1. The molecule has 0 unspecified atom stereocenters. The summed E-state index contributed by atoms with van der Waals surface area (Å²) < 4.78 is 4.70. The highest BCUT2D eigenvalue weighted by molar-refractivity contribution is 5.90. The molecule has 3 rings (SSSR count). The standard InChI is InChI=1S/C18H13N3O4/c1-25-18(22)13-6-4-5-12(11-13)15-9-10-16(20-19-15)14-7-2-3-8-17(14)21(23)24/h2-11H,1H3. The highest BCUT2D eigenvalue weighted by Gasteiger charge is 2.16. The normalized spacial score (nSPS) is 10.3. The zero-order valence-corrected chi connectivity index (χ0v) is 13.2. The van der Waals surface area contributed by atoms with Crippen LogP contribution in [0.4, 0.5) is 5.69 Å². The predicted octanol–water partition coefficient (Wildman–Crippen LogP) is 3.51. The third-order valence-electron chi connectivity index (χ3n) is 3.62. The molecule has 1 heterocycles. The molecular weight excluding hydrogens is 322 g/mol. The van der Waals surface area contributed by atoms with Gasteiger partial charge in [0.1, 0.15) is 0 Å². The van der Waals surface area contributed by atoms with E-state index >= 15 is 0 Å². The molecule has 124 valence electrons. The lowest BCUT2D eigenvalue weighted by Gasteiger charge is -2.05. The summed E-state index contributed by atoms with van der Waals surface area (Å²) in [7, 11) is 1.32. The monoisotopic (exact) mass is 335 g/mol. The number of hydrogen-bond donors (Lipinski definition) is 0. The van der Waals surface area contributed by atoms with E-state index in [1.807, 2.05) is 0 Å². The van der Waals surface area contributed by atoms with Crippen molar-refractivity contribution in [2.75, 3.05) is 7.11 Å². The van der Waals surface area contributed by atoms with E-state index in [0.717, 1.165) is 0 Å². The van der Waals surface area contributed by atoms with Gasteiger partial charge in [-0.15, -0.1) is 10.2 Å². The fraction of sp³-hybridized carbons (Fsp3) is 0.0556. The van der Waals surface area contributed by atoms with Crippen LogP contribution in [0.2, 0.25) is 0 Å². The summed E-state index contributed by atoms with van der Waals surface area (Å²) in [6, 6.07) is 16.5. The summed E-state index contributed by atoms with van der Waals surface area (Å²) in [5, 5.41) is 19.3. The number of carbonyl (C=O) groups is 1. The maximum atomic E-state index is 11.6. The summed E-state index contributed by atoms with van der Waals surface area (Å²) in [6.07, 6.45) is 0. The van der Waals surface area contributed by atoms with Gasteiger partial charge in [0, 0.05) is 11.6 Å². The zero-order chi connectivity index (χ0) is 17.8.